The number of hydrogen-bond acceptors (Lipinski definition) is 3. The van der Waals surface area contributed by atoms with Crippen LogP contribution in [-0.2, 0) is 13.0 Å². The van der Waals surface area contributed by atoms with Gasteiger partial charge in [0.05, 0.1) is 5.69 Å². The third-order valence-corrected chi connectivity index (χ3v) is 4.25. The maximum Gasteiger partial charge on any atom is 0.287 e. The molecule has 0 fully saturated rings. The van der Waals surface area contributed by atoms with Crippen LogP contribution in [0.2, 0.25) is 0 Å². The molecule has 6 nitrogen and oxygen atoms in total. The highest BCUT2D eigenvalue weighted by molar-refractivity contribution is 6.05. The first-order valence-corrected chi connectivity index (χ1v) is 8.65. The molecule has 0 saturated heterocycles. The number of benzene rings is 1. The highest BCUT2D eigenvalue weighted by Crippen LogP contribution is 2.22. The van der Waals surface area contributed by atoms with Crippen LogP contribution in [0.15, 0.2) is 18.2 Å². The summed E-state index contributed by atoms with van der Waals surface area (Å²) < 4.78 is 28.1. The maximum atomic E-state index is 13.3. The number of aromatic nitrogens is 2. The van der Waals surface area contributed by atoms with Gasteiger partial charge in [-0.05, 0) is 37.8 Å². The lowest BCUT2D eigenvalue weighted by Crippen LogP contribution is -2.28. The molecule has 2 heterocycles. The number of halogens is 2. The zero-order valence-electron chi connectivity index (χ0n) is 14.4. The zero-order valence-corrected chi connectivity index (χ0v) is 14.4. The molecule has 0 radical (unpaired) electrons. The van der Waals surface area contributed by atoms with Crippen molar-refractivity contribution in [3.63, 3.8) is 0 Å². The number of imidazole rings is 1. The Morgan fingerprint density at radius 2 is 2.00 bits per heavy atom. The molecule has 8 heteroatoms. The van der Waals surface area contributed by atoms with Crippen LogP contribution in [0.25, 0.3) is 0 Å². The predicted octanol–water partition coefficient (Wildman–Crippen LogP) is 2.89. The molecule has 0 atom stereocenters. The first-order chi connectivity index (χ1) is 12.5. The van der Waals surface area contributed by atoms with E-state index in [0.29, 0.717) is 25.2 Å². The van der Waals surface area contributed by atoms with Crippen LogP contribution in [0.5, 0.6) is 0 Å². The molecule has 1 aliphatic rings. The van der Waals surface area contributed by atoms with E-state index in [-0.39, 0.29) is 23.1 Å². The van der Waals surface area contributed by atoms with Gasteiger partial charge in [0.25, 0.3) is 11.8 Å². The third-order valence-electron chi connectivity index (χ3n) is 4.25. The van der Waals surface area contributed by atoms with E-state index < -0.39 is 17.5 Å². The van der Waals surface area contributed by atoms with Gasteiger partial charge in [0.15, 0.2) is 23.2 Å². The molecule has 0 spiro atoms. The Morgan fingerprint density at radius 1 is 1.19 bits per heavy atom. The highest BCUT2D eigenvalue weighted by atomic mass is 19.2. The largest absolute Gasteiger partial charge is 0.349 e. The fourth-order valence-corrected chi connectivity index (χ4v) is 2.98. The molecule has 0 unspecified atom stereocenters. The van der Waals surface area contributed by atoms with Crippen LogP contribution in [-0.4, -0.2) is 27.9 Å². The molecule has 0 aliphatic carbocycles. The Bertz CT molecular complexity index is 848. The Kier molecular flexibility index (Phi) is 5.29. The van der Waals surface area contributed by atoms with Crippen LogP contribution < -0.4 is 10.6 Å². The maximum absolute atomic E-state index is 13.3. The number of carbonyl (C=O) groups is 2. The minimum Gasteiger partial charge on any atom is -0.349 e. The number of hydrogen-bond donors (Lipinski definition) is 2. The molecular formula is C18H20F2N4O2. The Labute approximate surface area is 149 Å². The molecule has 2 amide bonds. The van der Waals surface area contributed by atoms with Crippen molar-refractivity contribution in [3.8, 4) is 0 Å². The quantitative estimate of drug-likeness (QED) is 0.859. The molecule has 3 rings (SSSR count). The lowest BCUT2D eigenvalue weighted by molar-refractivity contribution is 0.0937. The molecule has 1 aromatic carbocycles. The van der Waals surface area contributed by atoms with Crippen LogP contribution in [0.4, 0.5) is 14.5 Å². The van der Waals surface area contributed by atoms with Crippen LogP contribution in [0.1, 0.15) is 53.0 Å². The number of nitrogens with one attached hydrogen (secondary N) is 2. The van der Waals surface area contributed by atoms with Gasteiger partial charge in [0.2, 0.25) is 0 Å². The fraction of sp³-hybridized carbons (Fsp3) is 0.389. The topological polar surface area (TPSA) is 76.0 Å². The van der Waals surface area contributed by atoms with E-state index in [0.717, 1.165) is 31.4 Å². The molecule has 0 saturated carbocycles. The highest BCUT2D eigenvalue weighted by Gasteiger charge is 2.27. The minimum atomic E-state index is -1.05. The smallest absolute Gasteiger partial charge is 0.287 e. The first-order valence-electron chi connectivity index (χ1n) is 8.65. The SMILES string of the molecule is CCCNC(=O)c1nc(C(=O)Nc2ccc(F)c(F)c2)c2n1CCCC2. The Balaban J connectivity index is 1.88. The second-order valence-electron chi connectivity index (χ2n) is 6.18. The van der Waals surface area contributed by atoms with Crippen molar-refractivity contribution in [1.82, 2.24) is 14.9 Å². The van der Waals surface area contributed by atoms with E-state index >= 15 is 0 Å². The van der Waals surface area contributed by atoms with E-state index in [1.165, 1.54) is 6.07 Å². The van der Waals surface area contributed by atoms with Gasteiger partial charge in [0, 0.05) is 24.8 Å². The summed E-state index contributed by atoms with van der Waals surface area (Å²) in [6.07, 6.45) is 3.23. The van der Waals surface area contributed by atoms with Crippen molar-refractivity contribution in [2.24, 2.45) is 0 Å². The average molecular weight is 362 g/mol. The Hall–Kier alpha value is -2.77. The van der Waals surface area contributed by atoms with Crippen LogP contribution >= 0.6 is 0 Å². The summed E-state index contributed by atoms with van der Waals surface area (Å²) in [5.74, 6) is -2.69. The monoisotopic (exact) mass is 362 g/mol. The van der Waals surface area contributed by atoms with Crippen molar-refractivity contribution in [1.29, 1.82) is 0 Å². The molecule has 138 valence electrons. The fourth-order valence-electron chi connectivity index (χ4n) is 2.98. The summed E-state index contributed by atoms with van der Waals surface area (Å²) in [4.78, 5) is 29.2. The van der Waals surface area contributed by atoms with E-state index in [1.54, 1.807) is 4.57 Å². The van der Waals surface area contributed by atoms with Crippen molar-refractivity contribution >= 4 is 17.5 Å². The van der Waals surface area contributed by atoms with Gasteiger partial charge in [0.1, 0.15) is 0 Å². The lowest BCUT2D eigenvalue weighted by atomic mass is 10.1. The summed E-state index contributed by atoms with van der Waals surface area (Å²) in [7, 11) is 0. The van der Waals surface area contributed by atoms with Crippen LogP contribution in [0, 0.1) is 11.6 Å². The van der Waals surface area contributed by atoms with Gasteiger partial charge in [-0.25, -0.2) is 13.8 Å². The molecular weight excluding hydrogens is 342 g/mol. The summed E-state index contributed by atoms with van der Waals surface area (Å²) in [5, 5.41) is 5.29. The van der Waals surface area contributed by atoms with E-state index in [1.807, 2.05) is 6.92 Å². The van der Waals surface area contributed by atoms with E-state index in [4.69, 9.17) is 0 Å². The Morgan fingerprint density at radius 3 is 2.73 bits per heavy atom. The van der Waals surface area contributed by atoms with Gasteiger partial charge in [-0.15, -0.1) is 0 Å². The molecule has 2 N–H and O–H groups in total. The number of carbonyl (C=O) groups excluding carboxylic acids is 2. The first kappa shape index (κ1) is 18.0. The number of fused-ring (bicyclic) bond motifs is 1. The van der Waals surface area contributed by atoms with Crippen molar-refractivity contribution in [2.45, 2.75) is 39.2 Å². The van der Waals surface area contributed by atoms with Gasteiger partial charge in [-0.1, -0.05) is 6.92 Å². The summed E-state index contributed by atoms with van der Waals surface area (Å²) in [6.45, 7) is 3.09. The molecule has 1 aliphatic heterocycles. The van der Waals surface area contributed by atoms with Crippen LogP contribution in [0.3, 0.4) is 0 Å². The summed E-state index contributed by atoms with van der Waals surface area (Å²) >= 11 is 0. The van der Waals surface area contributed by atoms with Gasteiger partial charge >= 0.3 is 0 Å². The zero-order chi connectivity index (χ0) is 18.7. The lowest BCUT2D eigenvalue weighted by Gasteiger charge is -2.17. The summed E-state index contributed by atoms with van der Waals surface area (Å²) in [6, 6.07) is 3.12. The second-order valence-corrected chi connectivity index (χ2v) is 6.18. The van der Waals surface area contributed by atoms with E-state index in [2.05, 4.69) is 15.6 Å². The summed E-state index contributed by atoms with van der Waals surface area (Å²) in [5.41, 5.74) is 0.970. The molecule has 26 heavy (non-hydrogen) atoms. The molecule has 2 aromatic rings. The minimum absolute atomic E-state index is 0.128. The van der Waals surface area contributed by atoms with Gasteiger partial charge in [-0.3, -0.25) is 9.59 Å². The normalized spacial score (nSPS) is 13.2. The predicted molar refractivity (Wildman–Crippen MR) is 92.1 cm³/mol. The number of nitrogens with zero attached hydrogens (tertiary/aromatic N) is 2. The third kappa shape index (κ3) is 3.58. The van der Waals surface area contributed by atoms with Gasteiger partial charge < -0.3 is 15.2 Å². The number of amides is 2. The van der Waals surface area contributed by atoms with Gasteiger partial charge in [-0.2, -0.15) is 0 Å². The average Bonchev–Trinajstić information content (AvgIpc) is 3.03. The molecule has 1 aromatic heterocycles. The van der Waals surface area contributed by atoms with Crippen molar-refractivity contribution in [2.75, 3.05) is 11.9 Å². The number of anilines is 1. The van der Waals surface area contributed by atoms with E-state index in [9.17, 15) is 18.4 Å². The van der Waals surface area contributed by atoms with Crippen molar-refractivity contribution < 1.29 is 18.4 Å². The molecule has 0 bridgehead atoms. The standard InChI is InChI=1S/C18H20F2N4O2/c1-2-8-21-18(26)16-23-15(14-5-3-4-9-24(14)16)17(25)22-11-6-7-12(19)13(20)10-11/h6-7,10H,2-5,8-9H2,1H3,(H,21,26)(H,22,25). The van der Waals surface area contributed by atoms with Crippen molar-refractivity contribution in [3.05, 3.63) is 47.0 Å². The second kappa shape index (κ2) is 7.63. The number of rotatable bonds is 5.